The molecule has 1 aliphatic heterocycles. The lowest BCUT2D eigenvalue weighted by Gasteiger charge is -2.22. The third kappa shape index (κ3) is 3.11. The molecule has 1 amide bonds. The fraction of sp³-hybridized carbons (Fsp3) is 0.909. The minimum atomic E-state index is 0.0595. The average molecular weight is 230 g/mol. The van der Waals surface area contributed by atoms with Crippen molar-refractivity contribution in [3.8, 4) is 0 Å². The maximum Gasteiger partial charge on any atom is 0.241 e. The SMILES string of the molecule is CCC1NC(CC)N(CCCSC)C1=O. The van der Waals surface area contributed by atoms with Gasteiger partial charge in [0, 0.05) is 6.54 Å². The standard InChI is InChI=1S/C11H22N2OS/c1-4-9-11(14)13(7-6-8-15-3)10(5-2)12-9/h9-10,12H,4-8H2,1-3H3. The van der Waals surface area contributed by atoms with E-state index >= 15 is 0 Å². The number of nitrogens with one attached hydrogen (secondary N) is 1. The van der Waals surface area contributed by atoms with E-state index in [9.17, 15) is 4.79 Å². The number of carbonyl (C=O) groups excluding carboxylic acids is 1. The van der Waals surface area contributed by atoms with Crippen molar-refractivity contribution >= 4 is 17.7 Å². The molecule has 0 saturated carbocycles. The molecule has 0 spiro atoms. The van der Waals surface area contributed by atoms with E-state index in [0.717, 1.165) is 31.6 Å². The first-order valence-corrected chi connectivity index (χ1v) is 7.19. The number of thioether (sulfide) groups is 1. The van der Waals surface area contributed by atoms with E-state index in [4.69, 9.17) is 0 Å². The maximum atomic E-state index is 12.0. The Bertz CT molecular complexity index is 211. The van der Waals surface area contributed by atoms with Crippen LogP contribution >= 0.6 is 11.8 Å². The molecule has 1 heterocycles. The van der Waals surface area contributed by atoms with Crippen molar-refractivity contribution in [2.24, 2.45) is 0 Å². The van der Waals surface area contributed by atoms with Crippen molar-refractivity contribution in [2.45, 2.75) is 45.3 Å². The van der Waals surface area contributed by atoms with E-state index in [-0.39, 0.29) is 12.2 Å². The van der Waals surface area contributed by atoms with Crippen LogP contribution in [-0.2, 0) is 4.79 Å². The van der Waals surface area contributed by atoms with Gasteiger partial charge in [-0.25, -0.2) is 0 Å². The molecule has 0 aliphatic carbocycles. The molecule has 88 valence electrons. The lowest BCUT2D eigenvalue weighted by atomic mass is 10.2. The van der Waals surface area contributed by atoms with Crippen LogP contribution in [0, 0.1) is 0 Å². The Kier molecular flexibility index (Phi) is 5.47. The molecular formula is C11H22N2OS. The van der Waals surface area contributed by atoms with Crippen LogP contribution < -0.4 is 5.32 Å². The Morgan fingerprint density at radius 1 is 1.40 bits per heavy atom. The molecule has 0 radical (unpaired) electrons. The van der Waals surface area contributed by atoms with Crippen LogP contribution in [-0.4, -0.2) is 41.6 Å². The zero-order valence-electron chi connectivity index (χ0n) is 9.95. The molecule has 2 atom stereocenters. The number of carbonyl (C=O) groups is 1. The van der Waals surface area contributed by atoms with Crippen molar-refractivity contribution < 1.29 is 4.79 Å². The fourth-order valence-corrected chi connectivity index (χ4v) is 2.44. The van der Waals surface area contributed by atoms with Gasteiger partial charge < -0.3 is 4.90 Å². The normalized spacial score (nSPS) is 26.3. The second-order valence-corrected chi connectivity index (χ2v) is 4.92. The summed E-state index contributed by atoms with van der Waals surface area (Å²) in [5, 5.41) is 3.39. The van der Waals surface area contributed by atoms with Gasteiger partial charge in [-0.1, -0.05) is 13.8 Å². The number of rotatable bonds is 6. The first kappa shape index (κ1) is 12.8. The monoisotopic (exact) mass is 230 g/mol. The Balaban J connectivity index is 2.48. The molecule has 1 N–H and O–H groups in total. The minimum absolute atomic E-state index is 0.0595. The molecular weight excluding hydrogens is 208 g/mol. The number of hydrogen-bond donors (Lipinski definition) is 1. The molecule has 1 saturated heterocycles. The molecule has 4 heteroatoms. The van der Waals surface area contributed by atoms with Crippen molar-refractivity contribution in [3.63, 3.8) is 0 Å². The molecule has 0 aromatic rings. The van der Waals surface area contributed by atoms with Gasteiger partial charge in [0.25, 0.3) is 0 Å². The van der Waals surface area contributed by atoms with E-state index in [1.165, 1.54) is 0 Å². The summed E-state index contributed by atoms with van der Waals surface area (Å²) in [4.78, 5) is 14.0. The Hall–Kier alpha value is -0.220. The van der Waals surface area contributed by atoms with Gasteiger partial charge in [0.05, 0.1) is 12.2 Å². The summed E-state index contributed by atoms with van der Waals surface area (Å²) in [6, 6.07) is 0.0595. The molecule has 1 fully saturated rings. The number of hydrogen-bond acceptors (Lipinski definition) is 3. The van der Waals surface area contributed by atoms with Gasteiger partial charge >= 0.3 is 0 Å². The predicted octanol–water partition coefficient (Wildman–Crippen LogP) is 1.69. The van der Waals surface area contributed by atoms with Gasteiger partial charge in [-0.15, -0.1) is 0 Å². The van der Waals surface area contributed by atoms with Crippen molar-refractivity contribution in [2.75, 3.05) is 18.6 Å². The van der Waals surface area contributed by atoms with Crippen molar-refractivity contribution in [3.05, 3.63) is 0 Å². The van der Waals surface area contributed by atoms with E-state index in [1.807, 2.05) is 16.7 Å². The van der Waals surface area contributed by atoms with Gasteiger partial charge in [0.2, 0.25) is 5.91 Å². The Morgan fingerprint density at radius 3 is 2.67 bits per heavy atom. The first-order valence-electron chi connectivity index (χ1n) is 5.80. The van der Waals surface area contributed by atoms with Crippen molar-refractivity contribution in [1.82, 2.24) is 10.2 Å². The van der Waals surface area contributed by atoms with E-state index in [2.05, 4.69) is 25.4 Å². The number of nitrogens with zero attached hydrogens (tertiary/aromatic N) is 1. The Morgan fingerprint density at radius 2 is 2.13 bits per heavy atom. The molecule has 0 aromatic carbocycles. The topological polar surface area (TPSA) is 32.3 Å². The second kappa shape index (κ2) is 6.38. The maximum absolute atomic E-state index is 12.0. The van der Waals surface area contributed by atoms with Gasteiger partial charge in [0.15, 0.2) is 0 Å². The number of amides is 1. The van der Waals surface area contributed by atoms with Gasteiger partial charge in [-0.2, -0.15) is 11.8 Å². The molecule has 0 bridgehead atoms. The zero-order valence-corrected chi connectivity index (χ0v) is 10.8. The summed E-state index contributed by atoms with van der Waals surface area (Å²) in [6.07, 6.45) is 5.37. The first-order chi connectivity index (χ1) is 7.24. The molecule has 3 nitrogen and oxygen atoms in total. The van der Waals surface area contributed by atoms with Gasteiger partial charge in [-0.3, -0.25) is 10.1 Å². The molecule has 1 aliphatic rings. The molecule has 15 heavy (non-hydrogen) atoms. The predicted molar refractivity (Wildman–Crippen MR) is 66.0 cm³/mol. The smallest absolute Gasteiger partial charge is 0.241 e. The van der Waals surface area contributed by atoms with E-state index < -0.39 is 0 Å². The van der Waals surface area contributed by atoms with Crippen LogP contribution in [0.25, 0.3) is 0 Å². The minimum Gasteiger partial charge on any atom is -0.326 e. The molecule has 1 rings (SSSR count). The third-order valence-electron chi connectivity index (χ3n) is 2.89. The summed E-state index contributed by atoms with van der Waals surface area (Å²) >= 11 is 1.84. The summed E-state index contributed by atoms with van der Waals surface area (Å²) in [5.74, 6) is 1.43. The van der Waals surface area contributed by atoms with Crippen LogP contribution in [0.5, 0.6) is 0 Å². The zero-order chi connectivity index (χ0) is 11.3. The van der Waals surface area contributed by atoms with Gasteiger partial charge in [0.1, 0.15) is 0 Å². The highest BCUT2D eigenvalue weighted by Gasteiger charge is 2.35. The van der Waals surface area contributed by atoms with Gasteiger partial charge in [-0.05, 0) is 31.3 Å². The summed E-state index contributed by atoms with van der Waals surface area (Å²) in [6.45, 7) is 5.10. The summed E-state index contributed by atoms with van der Waals surface area (Å²) in [5.41, 5.74) is 0. The van der Waals surface area contributed by atoms with Crippen LogP contribution in [0.4, 0.5) is 0 Å². The average Bonchev–Trinajstić information content (AvgIpc) is 2.56. The largest absolute Gasteiger partial charge is 0.326 e. The van der Waals surface area contributed by atoms with Crippen LogP contribution in [0.3, 0.4) is 0 Å². The van der Waals surface area contributed by atoms with Crippen LogP contribution in [0.1, 0.15) is 33.1 Å². The van der Waals surface area contributed by atoms with Crippen LogP contribution in [0.15, 0.2) is 0 Å². The second-order valence-electron chi connectivity index (χ2n) is 3.93. The Labute approximate surface area is 97.0 Å². The molecule has 0 aromatic heterocycles. The lowest BCUT2D eigenvalue weighted by Crippen LogP contribution is -2.37. The summed E-state index contributed by atoms with van der Waals surface area (Å²) < 4.78 is 0. The van der Waals surface area contributed by atoms with Crippen LogP contribution in [0.2, 0.25) is 0 Å². The fourth-order valence-electron chi connectivity index (χ4n) is 2.02. The lowest BCUT2D eigenvalue weighted by molar-refractivity contribution is -0.130. The third-order valence-corrected chi connectivity index (χ3v) is 3.59. The highest BCUT2D eigenvalue weighted by molar-refractivity contribution is 7.98. The molecule has 2 unspecified atom stereocenters. The van der Waals surface area contributed by atoms with Crippen molar-refractivity contribution in [1.29, 1.82) is 0 Å². The van der Waals surface area contributed by atoms with E-state index in [1.54, 1.807) is 0 Å². The quantitative estimate of drug-likeness (QED) is 0.705. The summed E-state index contributed by atoms with van der Waals surface area (Å²) in [7, 11) is 0. The van der Waals surface area contributed by atoms with E-state index in [0.29, 0.717) is 5.91 Å². The highest BCUT2D eigenvalue weighted by atomic mass is 32.2. The highest BCUT2D eigenvalue weighted by Crippen LogP contribution is 2.16.